The molecule has 192 valence electrons. The van der Waals surface area contributed by atoms with E-state index in [-0.39, 0.29) is 23.3 Å². The highest BCUT2D eigenvalue weighted by Crippen LogP contribution is 2.36. The van der Waals surface area contributed by atoms with Crippen molar-refractivity contribution >= 4 is 68.1 Å². The standard InChI is InChI=1S/C27H25Cl2N3O3S2/c1-14(2)21-11-18-22(12-35-21)37-25-24(18)26(34)32(17-6-4-5-15(3)9-17)27(31-25)36-13-23(33)30-20-8-7-16(28)10-19(20)29/h4-10,14,21H,11-13H2,1-3H3,(H,30,33)/t21-/m0/s1. The van der Waals surface area contributed by atoms with Crippen LogP contribution in [0.4, 0.5) is 5.69 Å². The summed E-state index contributed by atoms with van der Waals surface area (Å²) in [5.41, 5.74) is 3.13. The molecule has 0 fully saturated rings. The van der Waals surface area contributed by atoms with Gasteiger partial charge in [0.15, 0.2) is 5.16 Å². The number of ether oxygens (including phenoxy) is 1. The molecule has 1 amide bonds. The molecule has 0 bridgehead atoms. The predicted octanol–water partition coefficient (Wildman–Crippen LogP) is 6.89. The lowest BCUT2D eigenvalue weighted by molar-refractivity contribution is -0.113. The number of rotatable bonds is 6. The number of nitrogens with one attached hydrogen (secondary N) is 1. The highest BCUT2D eigenvalue weighted by atomic mass is 35.5. The smallest absolute Gasteiger partial charge is 0.267 e. The van der Waals surface area contributed by atoms with E-state index in [0.717, 1.165) is 21.7 Å². The molecule has 1 aliphatic rings. The lowest BCUT2D eigenvalue weighted by atomic mass is 9.96. The first-order chi connectivity index (χ1) is 17.7. The summed E-state index contributed by atoms with van der Waals surface area (Å²) in [6.45, 7) is 6.72. The van der Waals surface area contributed by atoms with Gasteiger partial charge in [-0.3, -0.25) is 14.2 Å². The SMILES string of the molecule is Cc1cccc(-n2c(SCC(=O)Nc3ccc(Cl)cc3Cl)nc3sc4c(c3c2=O)C[C@@H](C(C)C)OC4)c1. The van der Waals surface area contributed by atoms with Gasteiger partial charge in [0.2, 0.25) is 5.91 Å². The number of thioether (sulfide) groups is 1. The quantitative estimate of drug-likeness (QED) is 0.201. The molecule has 0 spiro atoms. The van der Waals surface area contributed by atoms with Gasteiger partial charge in [0.05, 0.1) is 40.2 Å². The van der Waals surface area contributed by atoms with E-state index in [9.17, 15) is 9.59 Å². The van der Waals surface area contributed by atoms with E-state index in [1.54, 1.807) is 22.8 Å². The molecule has 2 aromatic heterocycles. The minimum absolute atomic E-state index is 0.0480. The molecule has 1 atom stereocenters. The third-order valence-corrected chi connectivity index (χ3v) is 8.84. The molecule has 1 aliphatic heterocycles. The first-order valence-corrected chi connectivity index (χ1v) is 14.4. The van der Waals surface area contributed by atoms with Crippen LogP contribution in [0, 0.1) is 12.8 Å². The van der Waals surface area contributed by atoms with Crippen LogP contribution in [-0.4, -0.2) is 27.3 Å². The molecule has 0 saturated carbocycles. The third-order valence-electron chi connectivity index (χ3n) is 6.25. The number of halogens is 2. The van der Waals surface area contributed by atoms with Gasteiger partial charge >= 0.3 is 0 Å². The highest BCUT2D eigenvalue weighted by molar-refractivity contribution is 7.99. The Bertz CT molecular complexity index is 1560. The molecule has 6 nitrogen and oxygen atoms in total. The second-order valence-corrected chi connectivity index (χ2v) is 12.2. The van der Waals surface area contributed by atoms with Gasteiger partial charge in [-0.15, -0.1) is 11.3 Å². The monoisotopic (exact) mass is 573 g/mol. The van der Waals surface area contributed by atoms with Gasteiger partial charge in [0.1, 0.15) is 4.83 Å². The molecule has 0 saturated heterocycles. The fourth-order valence-corrected chi connectivity index (χ4v) is 6.77. The van der Waals surface area contributed by atoms with Crippen molar-refractivity contribution in [2.24, 2.45) is 5.92 Å². The molecular weight excluding hydrogens is 549 g/mol. The van der Waals surface area contributed by atoms with Crippen LogP contribution in [0.25, 0.3) is 15.9 Å². The maximum atomic E-state index is 14.0. The molecule has 1 N–H and O–H groups in total. The summed E-state index contributed by atoms with van der Waals surface area (Å²) < 4.78 is 7.67. The predicted molar refractivity (Wildman–Crippen MR) is 153 cm³/mol. The van der Waals surface area contributed by atoms with Gasteiger partial charge in [-0.05, 0) is 54.3 Å². The number of thiophene rings is 1. The Morgan fingerprint density at radius 3 is 2.81 bits per heavy atom. The molecule has 0 unspecified atom stereocenters. The van der Waals surface area contributed by atoms with Gasteiger partial charge < -0.3 is 10.1 Å². The molecular formula is C27H25Cl2N3O3S2. The molecule has 3 heterocycles. The maximum Gasteiger partial charge on any atom is 0.267 e. The maximum absolute atomic E-state index is 14.0. The zero-order valence-corrected chi connectivity index (χ0v) is 23.7. The van der Waals surface area contributed by atoms with Crippen LogP contribution in [0.1, 0.15) is 29.9 Å². The number of amides is 1. The Labute approximate surface area is 233 Å². The van der Waals surface area contributed by atoms with Crippen LogP contribution < -0.4 is 10.9 Å². The van der Waals surface area contributed by atoms with E-state index in [1.165, 1.54) is 23.1 Å². The number of anilines is 1. The Morgan fingerprint density at radius 1 is 1.27 bits per heavy atom. The summed E-state index contributed by atoms with van der Waals surface area (Å²) in [6, 6.07) is 12.6. The molecule has 37 heavy (non-hydrogen) atoms. The average molecular weight is 575 g/mol. The minimum atomic E-state index is -0.266. The normalized spacial score (nSPS) is 15.2. The van der Waals surface area contributed by atoms with Crippen molar-refractivity contribution in [2.45, 2.75) is 45.1 Å². The first-order valence-electron chi connectivity index (χ1n) is 11.8. The Morgan fingerprint density at radius 2 is 2.08 bits per heavy atom. The number of benzene rings is 2. The first kappa shape index (κ1) is 26.3. The molecule has 2 aromatic carbocycles. The van der Waals surface area contributed by atoms with Crippen LogP contribution in [0.15, 0.2) is 52.4 Å². The minimum Gasteiger partial charge on any atom is -0.372 e. The van der Waals surface area contributed by atoms with Crippen LogP contribution in [-0.2, 0) is 22.6 Å². The number of fused-ring (bicyclic) bond motifs is 3. The van der Waals surface area contributed by atoms with E-state index in [0.29, 0.717) is 50.1 Å². The summed E-state index contributed by atoms with van der Waals surface area (Å²) in [4.78, 5) is 33.4. The molecule has 0 radical (unpaired) electrons. The summed E-state index contributed by atoms with van der Waals surface area (Å²) >= 11 is 14.9. The second kappa shape index (κ2) is 10.8. The van der Waals surface area contributed by atoms with Gasteiger partial charge in [-0.25, -0.2) is 4.98 Å². The third kappa shape index (κ3) is 5.45. The molecule has 0 aliphatic carbocycles. The zero-order valence-electron chi connectivity index (χ0n) is 20.5. The van der Waals surface area contributed by atoms with Crippen LogP contribution in [0.2, 0.25) is 10.0 Å². The van der Waals surface area contributed by atoms with Crippen molar-refractivity contribution < 1.29 is 9.53 Å². The van der Waals surface area contributed by atoms with Crippen molar-refractivity contribution in [1.82, 2.24) is 9.55 Å². The highest BCUT2D eigenvalue weighted by Gasteiger charge is 2.29. The zero-order chi connectivity index (χ0) is 26.3. The Balaban J connectivity index is 1.53. The topological polar surface area (TPSA) is 73.2 Å². The summed E-state index contributed by atoms with van der Waals surface area (Å²) in [5.74, 6) is 0.127. The van der Waals surface area contributed by atoms with E-state index >= 15 is 0 Å². The van der Waals surface area contributed by atoms with Crippen molar-refractivity contribution in [2.75, 3.05) is 11.1 Å². The summed E-state index contributed by atoms with van der Waals surface area (Å²) in [6.07, 6.45) is 0.753. The lowest BCUT2D eigenvalue weighted by Crippen LogP contribution is -2.28. The largest absolute Gasteiger partial charge is 0.372 e. The number of carbonyl (C=O) groups is 1. The number of aryl methyl sites for hydroxylation is 1. The van der Waals surface area contributed by atoms with E-state index < -0.39 is 0 Å². The van der Waals surface area contributed by atoms with Gasteiger partial charge in [0, 0.05) is 16.3 Å². The number of nitrogens with zero attached hydrogens (tertiary/aromatic N) is 2. The van der Waals surface area contributed by atoms with E-state index in [4.69, 9.17) is 32.9 Å². The summed E-state index contributed by atoms with van der Waals surface area (Å²) in [7, 11) is 0. The van der Waals surface area contributed by atoms with E-state index in [1.807, 2.05) is 31.2 Å². The fourth-order valence-electron chi connectivity index (χ4n) is 4.33. The molecule has 5 rings (SSSR count). The molecule has 10 heteroatoms. The van der Waals surface area contributed by atoms with Gasteiger partial charge in [0.25, 0.3) is 5.56 Å². The fraction of sp³-hybridized carbons (Fsp3) is 0.296. The van der Waals surface area contributed by atoms with Crippen LogP contribution in [0.3, 0.4) is 0 Å². The van der Waals surface area contributed by atoms with Crippen molar-refractivity contribution in [3.63, 3.8) is 0 Å². The average Bonchev–Trinajstić information content (AvgIpc) is 3.22. The van der Waals surface area contributed by atoms with Crippen molar-refractivity contribution in [3.05, 3.63) is 78.9 Å². The number of carbonyl (C=O) groups excluding carboxylic acids is 1. The second-order valence-electron chi connectivity index (χ2n) is 9.32. The van der Waals surface area contributed by atoms with E-state index in [2.05, 4.69) is 19.2 Å². The number of hydrogen-bond acceptors (Lipinski definition) is 6. The molecule has 4 aromatic rings. The van der Waals surface area contributed by atoms with Crippen molar-refractivity contribution in [1.29, 1.82) is 0 Å². The van der Waals surface area contributed by atoms with Crippen LogP contribution in [0.5, 0.6) is 0 Å². The number of hydrogen-bond donors (Lipinski definition) is 1. The lowest BCUT2D eigenvalue weighted by Gasteiger charge is -2.26. The Kier molecular flexibility index (Phi) is 7.65. The van der Waals surface area contributed by atoms with Crippen LogP contribution >= 0.6 is 46.3 Å². The number of aromatic nitrogens is 2. The Hall–Kier alpha value is -2.36. The van der Waals surface area contributed by atoms with Gasteiger partial charge in [-0.2, -0.15) is 0 Å². The summed E-state index contributed by atoms with van der Waals surface area (Å²) in [5, 5.41) is 4.75. The van der Waals surface area contributed by atoms with Crippen molar-refractivity contribution in [3.8, 4) is 5.69 Å². The van der Waals surface area contributed by atoms with Gasteiger partial charge in [-0.1, -0.05) is 60.9 Å².